The van der Waals surface area contributed by atoms with Gasteiger partial charge in [-0.15, -0.1) is 0 Å². The van der Waals surface area contributed by atoms with Gasteiger partial charge in [0.15, 0.2) is 5.82 Å². The van der Waals surface area contributed by atoms with Crippen LogP contribution >= 0.6 is 0 Å². The van der Waals surface area contributed by atoms with Crippen LogP contribution in [-0.4, -0.2) is 68.3 Å². The Bertz CT molecular complexity index is 2250. The number of anilines is 2. The van der Waals surface area contributed by atoms with Crippen LogP contribution in [0.1, 0.15) is 50.3 Å². The van der Waals surface area contributed by atoms with Crippen LogP contribution in [0.15, 0.2) is 54.2 Å². The van der Waals surface area contributed by atoms with Crippen molar-refractivity contribution in [1.29, 1.82) is 0 Å². The molecule has 6 heterocycles. The molecule has 14 heteroatoms. The van der Waals surface area contributed by atoms with Gasteiger partial charge in [0.25, 0.3) is 6.08 Å². The van der Waals surface area contributed by atoms with Crippen molar-refractivity contribution in [3.63, 3.8) is 0 Å². The minimum Gasteiger partial charge on any atom is -0.508 e. The Labute approximate surface area is 290 Å². The van der Waals surface area contributed by atoms with Crippen LogP contribution in [0.25, 0.3) is 32.9 Å². The molecule has 2 unspecified atom stereocenters. The van der Waals surface area contributed by atoms with Gasteiger partial charge in [0.1, 0.15) is 53.0 Å². The molecule has 264 valence electrons. The summed E-state index contributed by atoms with van der Waals surface area (Å²) < 4.78 is 72.2. The monoisotopic (exact) mass is 701 g/mol. The summed E-state index contributed by atoms with van der Waals surface area (Å²) >= 11 is 0. The third-order valence-electron chi connectivity index (χ3n) is 10.5. The summed E-state index contributed by atoms with van der Waals surface area (Å²) in [6.45, 7) is 4.95. The SMILES string of the molecule is CCc1c(F)ccc2cc(O)cc(-c3nc4c5c(nc(OCC67CCCN6CC(=C(F)F)C7)nc5c3F)N(C(C)c3cccnc3N)CCO4)c12. The molecule has 2 aromatic carbocycles. The number of halogens is 4. The standard InChI is InChI=1S/C37H35F4N7O3/c1-3-23-26(38)8-7-20-14-22(49)15-25(27(20)23)30-29(39)31-28-34(48(12-13-50-35(28)44-30)19(2)24-6-4-10-43-33(24)42)46-36(45-31)51-18-37-9-5-11-47(37)17-21(16-37)32(40)41/h4,6-8,10,14-15,19,49H,3,5,9,11-13,16-18H2,1-2H3,(H2,42,43). The van der Waals surface area contributed by atoms with Crippen LogP contribution in [0.5, 0.6) is 17.6 Å². The van der Waals surface area contributed by atoms with Gasteiger partial charge in [-0.3, -0.25) is 4.90 Å². The maximum absolute atomic E-state index is 17.2. The first-order valence-electron chi connectivity index (χ1n) is 16.9. The smallest absolute Gasteiger partial charge is 0.319 e. The number of benzene rings is 2. The highest BCUT2D eigenvalue weighted by Gasteiger charge is 2.48. The molecule has 0 bridgehead atoms. The fourth-order valence-corrected chi connectivity index (χ4v) is 8.03. The Balaban J connectivity index is 1.33. The van der Waals surface area contributed by atoms with Crippen LogP contribution in [0.3, 0.4) is 0 Å². The molecule has 0 saturated carbocycles. The first-order valence-corrected chi connectivity index (χ1v) is 16.9. The van der Waals surface area contributed by atoms with E-state index in [2.05, 4.69) is 15.0 Å². The molecule has 3 aromatic heterocycles. The second-order valence-corrected chi connectivity index (χ2v) is 13.4. The van der Waals surface area contributed by atoms with Crippen molar-refractivity contribution in [2.45, 2.75) is 51.1 Å². The summed E-state index contributed by atoms with van der Waals surface area (Å²) in [5.41, 5.74) is 6.55. The van der Waals surface area contributed by atoms with Gasteiger partial charge in [-0.1, -0.05) is 19.1 Å². The highest BCUT2D eigenvalue weighted by Crippen LogP contribution is 2.46. The Kier molecular flexibility index (Phi) is 8.08. The first kappa shape index (κ1) is 32.9. The van der Waals surface area contributed by atoms with Crippen LogP contribution in [0.2, 0.25) is 0 Å². The Morgan fingerprint density at radius 2 is 1.96 bits per heavy atom. The third-order valence-corrected chi connectivity index (χ3v) is 10.5. The molecule has 3 aliphatic heterocycles. The van der Waals surface area contributed by atoms with Crippen LogP contribution in [0.4, 0.5) is 29.2 Å². The fourth-order valence-electron chi connectivity index (χ4n) is 8.03. The largest absolute Gasteiger partial charge is 0.508 e. The molecular formula is C37H35F4N7O3. The summed E-state index contributed by atoms with van der Waals surface area (Å²) in [5.74, 6) is -0.837. The number of pyridine rings is 2. The first-order chi connectivity index (χ1) is 24.6. The van der Waals surface area contributed by atoms with E-state index >= 15 is 8.78 Å². The molecule has 2 atom stereocenters. The number of nitrogens with two attached hydrogens (primary N) is 1. The minimum atomic E-state index is -1.68. The predicted molar refractivity (Wildman–Crippen MR) is 184 cm³/mol. The topological polar surface area (TPSA) is 123 Å². The fraction of sp³-hybridized carbons (Fsp3) is 0.351. The molecule has 5 aromatic rings. The molecule has 2 saturated heterocycles. The number of hydrogen-bond donors (Lipinski definition) is 2. The maximum Gasteiger partial charge on any atom is 0.319 e. The van der Waals surface area contributed by atoms with Crippen molar-refractivity contribution >= 4 is 33.3 Å². The van der Waals surface area contributed by atoms with E-state index < -0.39 is 29.3 Å². The molecule has 0 aliphatic carbocycles. The molecule has 0 spiro atoms. The molecule has 8 rings (SSSR count). The summed E-state index contributed by atoms with van der Waals surface area (Å²) in [4.78, 5) is 22.2. The van der Waals surface area contributed by atoms with Crippen LogP contribution < -0.4 is 20.1 Å². The summed E-state index contributed by atoms with van der Waals surface area (Å²) in [6, 6.07) is 8.73. The van der Waals surface area contributed by atoms with Crippen molar-refractivity contribution in [3.05, 3.63) is 77.0 Å². The molecule has 0 radical (unpaired) electrons. The molecule has 10 nitrogen and oxygen atoms in total. The van der Waals surface area contributed by atoms with Gasteiger partial charge >= 0.3 is 6.01 Å². The lowest BCUT2D eigenvalue weighted by molar-refractivity contribution is 0.108. The third kappa shape index (κ3) is 5.43. The molecule has 3 aliphatic rings. The summed E-state index contributed by atoms with van der Waals surface area (Å²) in [5, 5.41) is 11.8. The van der Waals surface area contributed by atoms with Gasteiger partial charge in [0, 0.05) is 29.4 Å². The van der Waals surface area contributed by atoms with Gasteiger partial charge in [-0.05, 0) is 79.8 Å². The number of nitrogen functional groups attached to an aromatic ring is 1. The quantitative estimate of drug-likeness (QED) is 0.170. The molecule has 0 amide bonds. The van der Waals surface area contributed by atoms with Crippen molar-refractivity contribution < 1.29 is 32.1 Å². The predicted octanol–water partition coefficient (Wildman–Crippen LogP) is 7.10. The van der Waals surface area contributed by atoms with Crippen LogP contribution in [-0.2, 0) is 6.42 Å². The van der Waals surface area contributed by atoms with Gasteiger partial charge in [-0.25, -0.2) is 18.7 Å². The number of ether oxygens (including phenoxy) is 2. The molecule has 2 fully saturated rings. The number of aromatic nitrogens is 4. The van der Waals surface area contributed by atoms with E-state index in [1.54, 1.807) is 19.2 Å². The molecular weight excluding hydrogens is 666 g/mol. The lowest BCUT2D eigenvalue weighted by Gasteiger charge is -2.32. The number of hydrogen-bond acceptors (Lipinski definition) is 10. The van der Waals surface area contributed by atoms with Crippen molar-refractivity contribution in [3.8, 4) is 28.9 Å². The number of rotatable bonds is 7. The Hall–Kier alpha value is -5.24. The second kappa shape index (κ2) is 12.5. The van der Waals surface area contributed by atoms with E-state index in [0.29, 0.717) is 47.1 Å². The minimum absolute atomic E-state index is 0.0130. The van der Waals surface area contributed by atoms with Gasteiger partial charge < -0.3 is 25.2 Å². The number of phenols is 1. The van der Waals surface area contributed by atoms with E-state index in [-0.39, 0.29) is 83.9 Å². The second-order valence-electron chi connectivity index (χ2n) is 13.4. The van der Waals surface area contributed by atoms with E-state index in [0.717, 1.165) is 6.42 Å². The zero-order valence-corrected chi connectivity index (χ0v) is 28.0. The van der Waals surface area contributed by atoms with E-state index in [4.69, 9.17) is 20.2 Å². The Morgan fingerprint density at radius 1 is 1.12 bits per heavy atom. The van der Waals surface area contributed by atoms with Crippen molar-refractivity contribution in [2.24, 2.45) is 0 Å². The van der Waals surface area contributed by atoms with Gasteiger partial charge in [0.2, 0.25) is 5.88 Å². The number of phenolic OH excluding ortho intramolecular Hbond substituents is 1. The summed E-state index contributed by atoms with van der Waals surface area (Å²) in [7, 11) is 0. The van der Waals surface area contributed by atoms with Gasteiger partial charge in [-0.2, -0.15) is 18.7 Å². The maximum atomic E-state index is 17.2. The normalized spacial score (nSPS) is 19.3. The van der Waals surface area contributed by atoms with E-state index in [9.17, 15) is 13.9 Å². The van der Waals surface area contributed by atoms with Gasteiger partial charge in [0.05, 0.1) is 18.1 Å². The average Bonchev–Trinajstić information content (AvgIpc) is 3.62. The number of aromatic hydroxyl groups is 1. The lowest BCUT2D eigenvalue weighted by Crippen LogP contribution is -2.43. The summed E-state index contributed by atoms with van der Waals surface area (Å²) in [6.07, 6.45) is 1.85. The van der Waals surface area contributed by atoms with Crippen molar-refractivity contribution in [1.82, 2.24) is 24.8 Å². The zero-order valence-electron chi connectivity index (χ0n) is 28.0. The zero-order chi connectivity index (χ0) is 35.6. The number of aryl methyl sites for hydroxylation is 1. The lowest BCUT2D eigenvalue weighted by atomic mass is 9.94. The van der Waals surface area contributed by atoms with Crippen molar-refractivity contribution in [2.75, 3.05) is 43.5 Å². The molecule has 3 N–H and O–H groups in total. The highest BCUT2D eigenvalue weighted by atomic mass is 19.3. The number of nitrogens with zero attached hydrogens (tertiary/aromatic N) is 6. The Morgan fingerprint density at radius 3 is 2.75 bits per heavy atom. The number of fused-ring (bicyclic) bond motifs is 2. The van der Waals surface area contributed by atoms with E-state index in [1.165, 1.54) is 24.3 Å². The average molecular weight is 702 g/mol. The highest BCUT2D eigenvalue weighted by molar-refractivity contribution is 6.03. The van der Waals surface area contributed by atoms with Crippen LogP contribution in [0, 0.1) is 11.6 Å². The molecule has 51 heavy (non-hydrogen) atoms. The van der Waals surface area contributed by atoms with E-state index in [1.807, 2.05) is 22.8 Å².